The van der Waals surface area contributed by atoms with E-state index in [1.165, 1.54) is 44.8 Å². The van der Waals surface area contributed by atoms with E-state index in [0.29, 0.717) is 11.8 Å². The van der Waals surface area contributed by atoms with Gasteiger partial charge in [0, 0.05) is 17.3 Å². The predicted molar refractivity (Wildman–Crippen MR) is 141 cm³/mol. The van der Waals surface area contributed by atoms with E-state index < -0.39 is 0 Å². The Morgan fingerprint density at radius 3 is 1.97 bits per heavy atom. The van der Waals surface area contributed by atoms with Crippen LogP contribution in [-0.4, -0.2) is 11.1 Å². The molecule has 0 aliphatic carbocycles. The second-order valence-corrected chi connectivity index (χ2v) is 9.74. The molecule has 1 aliphatic heterocycles. The summed E-state index contributed by atoms with van der Waals surface area (Å²) in [5, 5.41) is 1.18. The summed E-state index contributed by atoms with van der Waals surface area (Å²) in [6, 6.07) is 24.2. The molecule has 0 unspecified atom stereocenters. The second-order valence-electron chi connectivity index (χ2n) is 9.74. The van der Waals surface area contributed by atoms with Gasteiger partial charge in [-0.05, 0) is 66.6 Å². The molecule has 1 aliphatic rings. The SMILES string of the molecule is Cc1c(N2c3ccccc3N(c3c(C(C)C)cccc3C(C)C)[C@@H]2C)ccc2cccnc12. The Morgan fingerprint density at radius 2 is 1.33 bits per heavy atom. The number of nitrogens with zero attached hydrogens (tertiary/aromatic N) is 3. The fourth-order valence-electron chi connectivity index (χ4n) is 5.36. The minimum Gasteiger partial charge on any atom is -0.318 e. The molecule has 0 amide bonds. The molecule has 2 heterocycles. The Bertz CT molecular complexity index is 1300. The zero-order chi connectivity index (χ0) is 23.3. The van der Waals surface area contributed by atoms with Gasteiger partial charge in [0.05, 0.1) is 22.6 Å². The highest BCUT2D eigenvalue weighted by molar-refractivity contribution is 5.94. The number of hydrogen-bond acceptors (Lipinski definition) is 3. The van der Waals surface area contributed by atoms with E-state index in [9.17, 15) is 0 Å². The van der Waals surface area contributed by atoms with Gasteiger partial charge < -0.3 is 9.80 Å². The number of hydrogen-bond donors (Lipinski definition) is 0. The maximum atomic E-state index is 4.71. The number of rotatable bonds is 4. The molecule has 0 spiro atoms. The summed E-state index contributed by atoms with van der Waals surface area (Å²) in [5.41, 5.74) is 10.2. The highest BCUT2D eigenvalue weighted by Gasteiger charge is 2.37. The molecular formula is C30H33N3. The van der Waals surface area contributed by atoms with Crippen molar-refractivity contribution in [1.82, 2.24) is 4.98 Å². The summed E-state index contributed by atoms with van der Waals surface area (Å²) in [6.45, 7) is 13.7. The fourth-order valence-corrected chi connectivity index (χ4v) is 5.36. The molecule has 3 nitrogen and oxygen atoms in total. The molecule has 168 valence electrons. The second kappa shape index (κ2) is 8.22. The smallest absolute Gasteiger partial charge is 0.108 e. The van der Waals surface area contributed by atoms with Crippen LogP contribution in [0.5, 0.6) is 0 Å². The van der Waals surface area contributed by atoms with Gasteiger partial charge in [0.15, 0.2) is 0 Å². The highest BCUT2D eigenvalue weighted by Crippen LogP contribution is 2.51. The molecule has 0 radical (unpaired) electrons. The lowest BCUT2D eigenvalue weighted by Gasteiger charge is -2.35. The molecule has 5 rings (SSSR count). The third-order valence-corrected chi connectivity index (χ3v) is 6.99. The maximum absolute atomic E-state index is 4.71. The lowest BCUT2D eigenvalue weighted by Crippen LogP contribution is -2.36. The van der Waals surface area contributed by atoms with Gasteiger partial charge in [-0.2, -0.15) is 0 Å². The van der Waals surface area contributed by atoms with Gasteiger partial charge in [-0.25, -0.2) is 0 Å². The van der Waals surface area contributed by atoms with Crippen LogP contribution in [0.4, 0.5) is 22.7 Å². The fraction of sp³-hybridized carbons (Fsp3) is 0.300. The molecule has 0 fully saturated rings. The quantitative estimate of drug-likeness (QED) is 0.321. The van der Waals surface area contributed by atoms with E-state index in [0.717, 1.165) is 5.52 Å². The number of aromatic nitrogens is 1. The normalized spacial score (nSPS) is 15.7. The van der Waals surface area contributed by atoms with Crippen LogP contribution in [-0.2, 0) is 0 Å². The van der Waals surface area contributed by atoms with E-state index in [-0.39, 0.29) is 6.17 Å². The van der Waals surface area contributed by atoms with Crippen molar-refractivity contribution in [3.05, 3.63) is 89.6 Å². The van der Waals surface area contributed by atoms with E-state index in [4.69, 9.17) is 4.98 Å². The Kier molecular flexibility index (Phi) is 5.36. The lowest BCUT2D eigenvalue weighted by molar-refractivity contribution is 0.736. The Morgan fingerprint density at radius 1 is 0.697 bits per heavy atom. The van der Waals surface area contributed by atoms with Gasteiger partial charge in [-0.3, -0.25) is 4.98 Å². The summed E-state index contributed by atoms with van der Waals surface area (Å²) in [5.74, 6) is 0.887. The summed E-state index contributed by atoms with van der Waals surface area (Å²) in [4.78, 5) is 9.75. The molecule has 3 heteroatoms. The van der Waals surface area contributed by atoms with Crippen LogP contribution in [0, 0.1) is 6.92 Å². The van der Waals surface area contributed by atoms with Crippen molar-refractivity contribution in [2.24, 2.45) is 0 Å². The lowest BCUT2D eigenvalue weighted by atomic mass is 9.91. The first-order chi connectivity index (χ1) is 15.9. The number of benzene rings is 3. The van der Waals surface area contributed by atoms with Crippen LogP contribution in [0.25, 0.3) is 10.9 Å². The van der Waals surface area contributed by atoms with E-state index in [1.54, 1.807) is 0 Å². The average Bonchev–Trinajstić information content (AvgIpc) is 3.10. The van der Waals surface area contributed by atoms with Crippen molar-refractivity contribution in [3.8, 4) is 0 Å². The number of para-hydroxylation sites is 3. The number of pyridine rings is 1. The maximum Gasteiger partial charge on any atom is 0.108 e. The summed E-state index contributed by atoms with van der Waals surface area (Å²) in [7, 11) is 0. The Labute approximate surface area is 197 Å². The van der Waals surface area contributed by atoms with Gasteiger partial charge >= 0.3 is 0 Å². The largest absolute Gasteiger partial charge is 0.318 e. The first-order valence-corrected chi connectivity index (χ1v) is 12.0. The third kappa shape index (κ3) is 3.38. The minimum absolute atomic E-state index is 0.139. The van der Waals surface area contributed by atoms with Gasteiger partial charge in [0.1, 0.15) is 6.17 Å². The third-order valence-electron chi connectivity index (χ3n) is 6.99. The predicted octanol–water partition coefficient (Wildman–Crippen LogP) is 8.43. The summed E-state index contributed by atoms with van der Waals surface area (Å²) in [6.07, 6.45) is 2.03. The molecule has 33 heavy (non-hydrogen) atoms. The van der Waals surface area contributed by atoms with Crippen molar-refractivity contribution in [1.29, 1.82) is 0 Å². The number of fused-ring (bicyclic) bond motifs is 2. The van der Waals surface area contributed by atoms with E-state index >= 15 is 0 Å². The molecular weight excluding hydrogens is 402 g/mol. The van der Waals surface area contributed by atoms with Crippen LogP contribution < -0.4 is 9.80 Å². The van der Waals surface area contributed by atoms with Crippen molar-refractivity contribution in [2.45, 2.75) is 59.5 Å². The molecule has 0 bridgehead atoms. The van der Waals surface area contributed by atoms with Gasteiger partial charge in [0.2, 0.25) is 0 Å². The van der Waals surface area contributed by atoms with Crippen LogP contribution >= 0.6 is 0 Å². The number of anilines is 4. The molecule has 0 saturated heterocycles. The molecule has 1 atom stereocenters. The van der Waals surface area contributed by atoms with Crippen molar-refractivity contribution < 1.29 is 0 Å². The van der Waals surface area contributed by atoms with E-state index in [2.05, 4.69) is 112 Å². The van der Waals surface area contributed by atoms with Crippen LogP contribution in [0.3, 0.4) is 0 Å². The van der Waals surface area contributed by atoms with Crippen molar-refractivity contribution in [2.75, 3.05) is 9.80 Å². The molecule has 0 N–H and O–H groups in total. The first kappa shape index (κ1) is 21.5. The first-order valence-electron chi connectivity index (χ1n) is 12.0. The van der Waals surface area contributed by atoms with Gasteiger partial charge in [0.25, 0.3) is 0 Å². The topological polar surface area (TPSA) is 19.4 Å². The van der Waals surface area contributed by atoms with Gasteiger partial charge in [-0.15, -0.1) is 0 Å². The number of aryl methyl sites for hydroxylation is 1. The molecule has 4 aromatic rings. The minimum atomic E-state index is 0.139. The van der Waals surface area contributed by atoms with Crippen molar-refractivity contribution >= 4 is 33.7 Å². The highest BCUT2D eigenvalue weighted by atomic mass is 15.4. The summed E-state index contributed by atoms with van der Waals surface area (Å²) < 4.78 is 0. The molecule has 3 aromatic carbocycles. The van der Waals surface area contributed by atoms with Crippen molar-refractivity contribution in [3.63, 3.8) is 0 Å². The Hall–Kier alpha value is -3.33. The zero-order valence-electron chi connectivity index (χ0n) is 20.5. The average molecular weight is 436 g/mol. The Balaban J connectivity index is 1.75. The van der Waals surface area contributed by atoms with Crippen LogP contribution in [0.1, 0.15) is 63.1 Å². The zero-order valence-corrected chi connectivity index (χ0v) is 20.5. The summed E-state index contributed by atoms with van der Waals surface area (Å²) >= 11 is 0. The van der Waals surface area contributed by atoms with Crippen LogP contribution in [0.15, 0.2) is 72.9 Å². The molecule has 0 saturated carbocycles. The molecule has 1 aromatic heterocycles. The van der Waals surface area contributed by atoms with E-state index in [1.807, 2.05) is 12.3 Å². The van der Waals surface area contributed by atoms with Gasteiger partial charge in [-0.1, -0.05) is 70.2 Å². The monoisotopic (exact) mass is 435 g/mol. The standard InChI is InChI=1S/C30H33N3/c1-19(2)24-12-9-13-25(20(3)4)30(24)33-22(6)32(27-14-7-8-15-28(27)33)26-17-16-23-11-10-18-31-29(23)21(26)5/h7-20,22H,1-6H3/t22-/m1/s1. The van der Waals surface area contributed by atoms with Crippen LogP contribution in [0.2, 0.25) is 0 Å².